The molecule has 3 aliphatic rings. The number of carbonyl (C=O) groups excluding carboxylic acids is 1. The summed E-state index contributed by atoms with van der Waals surface area (Å²) >= 11 is 0. The number of aryl methyl sites for hydroxylation is 2. The van der Waals surface area contributed by atoms with Gasteiger partial charge in [0.05, 0.1) is 22.7 Å². The average molecular weight is 540 g/mol. The summed E-state index contributed by atoms with van der Waals surface area (Å²) in [6, 6.07) is 10.6. The minimum atomic E-state index is -4.57. The second-order valence-corrected chi connectivity index (χ2v) is 12.5. The zero-order chi connectivity index (χ0) is 27.2. The minimum absolute atomic E-state index is 0.0382. The highest BCUT2D eigenvalue weighted by atomic mass is 31.1. The van der Waals surface area contributed by atoms with Gasteiger partial charge < -0.3 is 4.90 Å². The maximum absolute atomic E-state index is 14.3. The van der Waals surface area contributed by atoms with Gasteiger partial charge in [0.1, 0.15) is 0 Å². The van der Waals surface area contributed by atoms with Crippen LogP contribution in [0.1, 0.15) is 62.3 Å². The summed E-state index contributed by atoms with van der Waals surface area (Å²) in [5, 5.41) is 7.06. The zero-order valence-electron chi connectivity index (χ0n) is 22.2. The van der Waals surface area contributed by atoms with Crippen molar-refractivity contribution in [2.45, 2.75) is 59.1 Å². The molecule has 0 spiro atoms. The van der Waals surface area contributed by atoms with Crippen molar-refractivity contribution in [2.75, 3.05) is 29.2 Å². The topological polar surface area (TPSA) is 35.9 Å². The number of hydrazone groups is 1. The quantitative estimate of drug-likeness (QED) is 0.351. The molecule has 0 N–H and O–H groups in total. The maximum atomic E-state index is 14.3. The van der Waals surface area contributed by atoms with E-state index in [1.54, 1.807) is 19.1 Å². The molecule has 0 amide bonds. The first kappa shape index (κ1) is 26.7. The fourth-order valence-electron chi connectivity index (χ4n) is 5.66. The van der Waals surface area contributed by atoms with Gasteiger partial charge in [-0.2, -0.15) is 18.3 Å². The third-order valence-electron chi connectivity index (χ3n) is 7.66. The van der Waals surface area contributed by atoms with Crippen molar-refractivity contribution < 1.29 is 18.0 Å². The molecule has 1 fully saturated rings. The van der Waals surface area contributed by atoms with E-state index < -0.39 is 19.7 Å². The lowest BCUT2D eigenvalue weighted by Crippen LogP contribution is -2.28. The number of hydrogen-bond acceptors (Lipinski definition) is 4. The van der Waals surface area contributed by atoms with Gasteiger partial charge in [-0.15, -0.1) is 0 Å². The van der Waals surface area contributed by atoms with E-state index in [2.05, 4.69) is 43.5 Å². The molecular weight excluding hydrogens is 506 g/mol. The second-order valence-electron chi connectivity index (χ2n) is 10.1. The van der Waals surface area contributed by atoms with Crippen molar-refractivity contribution in [3.63, 3.8) is 0 Å². The number of carbonyl (C=O) groups is 1. The molecular formula is C30H33F3N3OP. The Labute approximate surface area is 223 Å². The van der Waals surface area contributed by atoms with Crippen molar-refractivity contribution in [3.8, 4) is 0 Å². The Hall–Kier alpha value is -2.92. The third-order valence-corrected chi connectivity index (χ3v) is 10.2. The molecule has 1 atom stereocenters. The Morgan fingerprint density at radius 1 is 1.05 bits per heavy atom. The molecule has 0 radical (unpaired) electrons. The first-order valence-electron chi connectivity index (χ1n) is 13.3. The Morgan fingerprint density at radius 3 is 2.29 bits per heavy atom. The van der Waals surface area contributed by atoms with E-state index >= 15 is 0 Å². The second kappa shape index (κ2) is 10.3. The number of allylic oxidation sites excluding steroid dienone is 2. The van der Waals surface area contributed by atoms with Crippen molar-refractivity contribution in [1.82, 2.24) is 0 Å². The first-order chi connectivity index (χ1) is 18.1. The van der Waals surface area contributed by atoms with E-state index in [0.29, 0.717) is 24.0 Å². The molecule has 1 saturated heterocycles. The van der Waals surface area contributed by atoms with E-state index in [9.17, 15) is 18.0 Å². The van der Waals surface area contributed by atoms with Gasteiger partial charge >= 0.3 is 6.18 Å². The predicted molar refractivity (Wildman–Crippen MR) is 150 cm³/mol. The van der Waals surface area contributed by atoms with Gasteiger partial charge in [-0.1, -0.05) is 26.5 Å². The summed E-state index contributed by atoms with van der Waals surface area (Å²) in [5.41, 5.74) is 5.19. The number of benzene rings is 2. The molecule has 0 aliphatic carbocycles. The lowest BCUT2D eigenvalue weighted by Gasteiger charge is -2.33. The standard InChI is InChI=1S/C30H33F3N3OP/c1-5-21-15-22(6-2)17-23(16-21)28-25-11-14-38(20(4)37)29(25)19(3)36(34-28)27-18-24(35-12-7-8-13-35)9-10-26(27)30(31,32)33/h9-10,15-18H,3,5-8,11-14H2,1-2,4H3. The summed E-state index contributed by atoms with van der Waals surface area (Å²) in [5.74, 6) is 0. The number of hydrogen-bond donors (Lipinski definition) is 0. The summed E-state index contributed by atoms with van der Waals surface area (Å²) in [4.78, 5) is 14.8. The Kier molecular flexibility index (Phi) is 7.25. The first-order valence-corrected chi connectivity index (χ1v) is 14.8. The normalized spacial score (nSPS) is 19.8. The van der Waals surface area contributed by atoms with Crippen LogP contribution in [-0.4, -0.2) is 30.5 Å². The molecule has 8 heteroatoms. The lowest BCUT2D eigenvalue weighted by molar-refractivity contribution is -0.137. The number of nitrogens with zero attached hydrogens (tertiary/aromatic N) is 3. The molecule has 200 valence electrons. The van der Waals surface area contributed by atoms with Gasteiger partial charge in [-0.3, -0.25) is 4.79 Å². The molecule has 3 heterocycles. The summed E-state index contributed by atoms with van der Waals surface area (Å²) in [6.07, 6.45) is 0.490. The minimum Gasteiger partial charge on any atom is -0.371 e. The van der Waals surface area contributed by atoms with E-state index in [1.807, 2.05) is 0 Å². The molecule has 5 rings (SSSR count). The van der Waals surface area contributed by atoms with Crippen LogP contribution in [0.4, 0.5) is 24.5 Å². The van der Waals surface area contributed by atoms with Crippen molar-refractivity contribution in [2.24, 2.45) is 5.10 Å². The largest absolute Gasteiger partial charge is 0.418 e. The van der Waals surface area contributed by atoms with Gasteiger partial charge in [-0.05, 0) is 100 Å². The highest BCUT2D eigenvalue weighted by Crippen LogP contribution is 2.59. The summed E-state index contributed by atoms with van der Waals surface area (Å²) in [6.45, 7) is 11.6. The lowest BCUT2D eigenvalue weighted by atomic mass is 9.93. The number of rotatable bonds is 6. The van der Waals surface area contributed by atoms with Crippen LogP contribution in [-0.2, 0) is 23.8 Å². The van der Waals surface area contributed by atoms with E-state index in [-0.39, 0.29) is 11.2 Å². The number of halogens is 3. The molecule has 4 nitrogen and oxygen atoms in total. The predicted octanol–water partition coefficient (Wildman–Crippen LogP) is 7.85. The van der Waals surface area contributed by atoms with Gasteiger partial charge in [0, 0.05) is 29.7 Å². The molecule has 1 unspecified atom stereocenters. The van der Waals surface area contributed by atoms with Crippen molar-refractivity contribution in [1.29, 1.82) is 0 Å². The molecule has 2 aromatic carbocycles. The number of anilines is 2. The fraction of sp³-hybridized carbons (Fsp3) is 0.400. The molecule has 0 aromatic heterocycles. The molecule has 0 bridgehead atoms. The van der Waals surface area contributed by atoms with Crippen LogP contribution < -0.4 is 9.91 Å². The smallest absolute Gasteiger partial charge is 0.371 e. The zero-order valence-corrected chi connectivity index (χ0v) is 23.1. The van der Waals surface area contributed by atoms with Crippen LogP contribution in [0.15, 0.2) is 64.7 Å². The third kappa shape index (κ3) is 4.82. The highest BCUT2D eigenvalue weighted by Gasteiger charge is 2.41. The van der Waals surface area contributed by atoms with Crippen molar-refractivity contribution >= 4 is 30.5 Å². The molecule has 2 aromatic rings. The van der Waals surface area contributed by atoms with Gasteiger partial charge in [0.25, 0.3) is 0 Å². The molecule has 38 heavy (non-hydrogen) atoms. The van der Waals surface area contributed by atoms with Crippen LogP contribution in [0.3, 0.4) is 0 Å². The van der Waals surface area contributed by atoms with Crippen molar-refractivity contribution in [3.05, 3.63) is 81.8 Å². The molecule has 3 aliphatic heterocycles. The van der Waals surface area contributed by atoms with E-state index in [4.69, 9.17) is 5.10 Å². The van der Waals surface area contributed by atoms with E-state index in [0.717, 1.165) is 78.1 Å². The van der Waals surface area contributed by atoms with Crippen LogP contribution in [0.2, 0.25) is 0 Å². The monoisotopic (exact) mass is 539 g/mol. The van der Waals surface area contributed by atoms with Crippen LogP contribution >= 0.6 is 7.92 Å². The Morgan fingerprint density at radius 2 is 1.71 bits per heavy atom. The Bertz CT molecular complexity index is 1330. The summed E-state index contributed by atoms with van der Waals surface area (Å²) < 4.78 is 43.0. The van der Waals surface area contributed by atoms with Crippen LogP contribution in [0.25, 0.3) is 0 Å². The maximum Gasteiger partial charge on any atom is 0.418 e. The fourth-order valence-corrected chi connectivity index (χ4v) is 7.91. The van der Waals surface area contributed by atoms with E-state index in [1.165, 1.54) is 5.01 Å². The van der Waals surface area contributed by atoms with Gasteiger partial charge in [0.15, 0.2) is 5.52 Å². The summed E-state index contributed by atoms with van der Waals surface area (Å²) in [7, 11) is -1.18. The molecule has 0 saturated carbocycles. The van der Waals surface area contributed by atoms with Gasteiger partial charge in [0.2, 0.25) is 0 Å². The van der Waals surface area contributed by atoms with Crippen LogP contribution in [0, 0.1) is 0 Å². The SMILES string of the molecule is C=C1C2=C(CCP2C(C)=O)C(c2cc(CC)cc(CC)c2)=NN1c1cc(N2CCCC2)ccc1C(F)(F)F. The van der Waals surface area contributed by atoms with Gasteiger partial charge in [-0.25, -0.2) is 5.01 Å². The Balaban J connectivity index is 1.73. The highest BCUT2D eigenvalue weighted by molar-refractivity contribution is 7.79. The average Bonchev–Trinajstić information content (AvgIpc) is 3.59. The number of alkyl halides is 3. The van der Waals surface area contributed by atoms with Crippen LogP contribution in [0.5, 0.6) is 0 Å².